The van der Waals surface area contributed by atoms with Crippen LogP contribution in [0.15, 0.2) is 82.0 Å². The highest BCUT2D eigenvalue weighted by Crippen LogP contribution is 2.32. The van der Waals surface area contributed by atoms with Gasteiger partial charge in [-0.05, 0) is 80.8 Å². The van der Waals surface area contributed by atoms with Gasteiger partial charge >= 0.3 is 0 Å². The van der Waals surface area contributed by atoms with Crippen LogP contribution in [0, 0.1) is 6.92 Å². The minimum Gasteiger partial charge on any atom is -0.451 e. The molecule has 2 saturated heterocycles. The number of fused-ring (bicyclic) bond motifs is 1. The summed E-state index contributed by atoms with van der Waals surface area (Å²) in [5.74, 6) is -0.462. The topological polar surface area (TPSA) is 99.9 Å². The third-order valence-electron chi connectivity index (χ3n) is 8.73. The minimum absolute atomic E-state index is 0.170. The molecule has 3 amide bonds. The van der Waals surface area contributed by atoms with E-state index in [1.807, 2.05) is 48.2 Å². The molecular formula is C37H39Cl2N3O5. The number of hydrogen-bond acceptors (Lipinski definition) is 5. The molecular weight excluding hydrogens is 637 g/mol. The molecule has 2 aliphatic heterocycles. The van der Waals surface area contributed by atoms with Crippen LogP contribution in [0.25, 0.3) is 11.0 Å². The van der Waals surface area contributed by atoms with Gasteiger partial charge in [0.05, 0.1) is 5.39 Å². The van der Waals surface area contributed by atoms with E-state index in [4.69, 9.17) is 27.6 Å². The van der Waals surface area contributed by atoms with Gasteiger partial charge in [0.25, 0.3) is 5.91 Å². The maximum Gasteiger partial charge on any atom is 0.287 e. The zero-order chi connectivity index (χ0) is 33.5. The molecule has 8 nitrogen and oxygen atoms in total. The first-order chi connectivity index (χ1) is 22.6. The molecule has 0 saturated carbocycles. The highest BCUT2D eigenvalue weighted by Gasteiger charge is 2.29. The summed E-state index contributed by atoms with van der Waals surface area (Å²) in [4.78, 5) is 54.4. The van der Waals surface area contributed by atoms with Crippen LogP contribution in [0.1, 0.15) is 72.2 Å². The number of amides is 3. The summed E-state index contributed by atoms with van der Waals surface area (Å²) in [6.07, 6.45) is 4.24. The van der Waals surface area contributed by atoms with Crippen molar-refractivity contribution < 1.29 is 18.8 Å². The second-order valence-corrected chi connectivity index (χ2v) is 13.0. The van der Waals surface area contributed by atoms with Crippen LogP contribution in [0.5, 0.6) is 0 Å². The predicted molar refractivity (Wildman–Crippen MR) is 185 cm³/mol. The largest absolute Gasteiger partial charge is 0.451 e. The van der Waals surface area contributed by atoms with Crippen molar-refractivity contribution in [2.75, 3.05) is 19.6 Å². The molecule has 1 aromatic heterocycles. The number of halogens is 2. The van der Waals surface area contributed by atoms with Gasteiger partial charge in [0, 0.05) is 54.8 Å². The lowest BCUT2D eigenvalue weighted by Crippen LogP contribution is -2.49. The van der Waals surface area contributed by atoms with Crippen molar-refractivity contribution in [3.8, 4) is 0 Å². The van der Waals surface area contributed by atoms with Crippen LogP contribution in [0.4, 0.5) is 0 Å². The van der Waals surface area contributed by atoms with Gasteiger partial charge in [-0.1, -0.05) is 65.2 Å². The fraction of sp³-hybridized carbons (Fsp3) is 0.351. The smallest absolute Gasteiger partial charge is 0.287 e. The first-order valence-corrected chi connectivity index (χ1v) is 16.8. The average Bonchev–Trinajstić information content (AvgIpc) is 3.07. The number of piperidine rings is 2. The van der Waals surface area contributed by atoms with Crippen molar-refractivity contribution >= 4 is 51.9 Å². The number of benzene rings is 3. The van der Waals surface area contributed by atoms with Crippen LogP contribution in [-0.4, -0.2) is 53.2 Å². The summed E-state index contributed by atoms with van der Waals surface area (Å²) in [6, 6.07) is 21.0. The van der Waals surface area contributed by atoms with Gasteiger partial charge < -0.3 is 19.5 Å². The summed E-state index contributed by atoms with van der Waals surface area (Å²) in [5.41, 5.74) is 3.52. The molecule has 246 valence electrons. The Morgan fingerprint density at radius 1 is 0.915 bits per heavy atom. The number of carbonyl (C=O) groups excluding carboxylic acids is 3. The molecule has 3 aromatic carbocycles. The van der Waals surface area contributed by atoms with Crippen molar-refractivity contribution in [1.29, 1.82) is 0 Å². The lowest BCUT2D eigenvalue weighted by atomic mass is 9.86. The van der Waals surface area contributed by atoms with Crippen molar-refractivity contribution in [2.24, 2.45) is 0 Å². The van der Waals surface area contributed by atoms with E-state index < -0.39 is 11.9 Å². The number of nitrogens with zero attached hydrogens (tertiary/aromatic N) is 2. The van der Waals surface area contributed by atoms with Gasteiger partial charge in [0.2, 0.25) is 11.8 Å². The quantitative estimate of drug-likeness (QED) is 0.234. The molecule has 1 N–H and O–H groups in total. The summed E-state index contributed by atoms with van der Waals surface area (Å²) >= 11 is 11.6. The monoisotopic (exact) mass is 675 g/mol. The minimum atomic E-state index is -0.785. The van der Waals surface area contributed by atoms with E-state index in [0.29, 0.717) is 42.4 Å². The standard InChI is InChI=1S/C30H32ClN3O5.C7H7Cl/c1-19(32-29(37)27-17-25(35)24-10-9-22(31)16-26(24)39-27)30(38)33-14-11-20(12-15-33)23-7-3-2-6-21(23)18-34-13-5-4-8-28(34)36;1-6-2-4-7(8)5-3-6/h2-3,6-7,9-10,16-17,19-20H,4-5,8,11-15,18H2,1H3,(H,32,37);2-5H,1H3. The lowest BCUT2D eigenvalue weighted by molar-refractivity contribution is -0.134. The van der Waals surface area contributed by atoms with Crippen molar-refractivity contribution in [1.82, 2.24) is 15.1 Å². The predicted octanol–water partition coefficient (Wildman–Crippen LogP) is 7.13. The summed E-state index contributed by atoms with van der Waals surface area (Å²) in [7, 11) is 0. The molecule has 10 heteroatoms. The van der Waals surface area contributed by atoms with Gasteiger partial charge in [-0.25, -0.2) is 0 Å². The number of rotatable bonds is 6. The Bertz CT molecular complexity index is 1780. The molecule has 47 heavy (non-hydrogen) atoms. The highest BCUT2D eigenvalue weighted by molar-refractivity contribution is 6.31. The molecule has 6 rings (SSSR count). The number of nitrogens with one attached hydrogen (secondary N) is 1. The summed E-state index contributed by atoms with van der Waals surface area (Å²) in [6.45, 7) is 6.26. The highest BCUT2D eigenvalue weighted by atomic mass is 35.5. The first kappa shape index (κ1) is 34.2. The van der Waals surface area contributed by atoms with E-state index in [1.165, 1.54) is 22.8 Å². The fourth-order valence-electron chi connectivity index (χ4n) is 6.10. The van der Waals surface area contributed by atoms with Gasteiger partial charge in [-0.3, -0.25) is 19.2 Å². The Kier molecular flexibility index (Phi) is 11.4. The molecule has 1 atom stereocenters. The molecule has 3 heterocycles. The Hall–Kier alpha value is -4.14. The summed E-state index contributed by atoms with van der Waals surface area (Å²) in [5, 5.41) is 4.18. The van der Waals surface area contributed by atoms with Crippen LogP contribution < -0.4 is 10.7 Å². The maximum atomic E-state index is 13.2. The number of hydrogen-bond donors (Lipinski definition) is 1. The second-order valence-electron chi connectivity index (χ2n) is 12.2. The normalized spacial score (nSPS) is 16.0. The summed E-state index contributed by atoms with van der Waals surface area (Å²) < 4.78 is 5.60. The average molecular weight is 677 g/mol. The van der Waals surface area contributed by atoms with Gasteiger partial charge in [0.1, 0.15) is 11.6 Å². The Morgan fingerprint density at radius 3 is 2.32 bits per heavy atom. The van der Waals surface area contributed by atoms with E-state index in [1.54, 1.807) is 24.0 Å². The molecule has 0 bridgehead atoms. The van der Waals surface area contributed by atoms with E-state index in [-0.39, 0.29) is 28.6 Å². The molecule has 0 radical (unpaired) electrons. The molecule has 1 unspecified atom stereocenters. The van der Waals surface area contributed by atoms with E-state index in [9.17, 15) is 19.2 Å². The molecule has 0 aliphatic carbocycles. The molecule has 2 fully saturated rings. The Morgan fingerprint density at radius 2 is 1.62 bits per heavy atom. The van der Waals surface area contributed by atoms with Crippen LogP contribution >= 0.6 is 23.2 Å². The molecule has 2 aliphatic rings. The first-order valence-electron chi connectivity index (χ1n) is 16.0. The number of aryl methyl sites for hydroxylation is 1. The second kappa shape index (κ2) is 15.6. The number of likely N-dealkylation sites (tertiary alicyclic amines) is 2. The third kappa shape index (κ3) is 8.82. The fourth-order valence-corrected chi connectivity index (χ4v) is 6.39. The SMILES string of the molecule is CC(NC(=O)c1cc(=O)c2ccc(Cl)cc2o1)C(=O)N1CCC(c2ccccc2CN2CCCCC2=O)CC1.Cc1ccc(Cl)cc1. The molecule has 0 spiro atoms. The van der Waals surface area contributed by atoms with Crippen molar-refractivity contribution in [3.63, 3.8) is 0 Å². The zero-order valence-electron chi connectivity index (χ0n) is 26.6. The molecule has 4 aromatic rings. The van der Waals surface area contributed by atoms with Gasteiger partial charge in [0.15, 0.2) is 11.2 Å². The lowest BCUT2D eigenvalue weighted by Gasteiger charge is -2.35. The van der Waals surface area contributed by atoms with Crippen LogP contribution in [0.2, 0.25) is 10.0 Å². The van der Waals surface area contributed by atoms with E-state index >= 15 is 0 Å². The van der Waals surface area contributed by atoms with Crippen LogP contribution in [-0.2, 0) is 16.1 Å². The van der Waals surface area contributed by atoms with Crippen molar-refractivity contribution in [3.05, 3.63) is 116 Å². The van der Waals surface area contributed by atoms with E-state index in [0.717, 1.165) is 43.3 Å². The third-order valence-corrected chi connectivity index (χ3v) is 9.22. The van der Waals surface area contributed by atoms with Crippen LogP contribution in [0.3, 0.4) is 0 Å². The Labute approximate surface area is 284 Å². The van der Waals surface area contributed by atoms with E-state index in [2.05, 4.69) is 17.4 Å². The van der Waals surface area contributed by atoms with Crippen molar-refractivity contribution in [2.45, 2.75) is 64.5 Å². The zero-order valence-corrected chi connectivity index (χ0v) is 28.2. The maximum absolute atomic E-state index is 13.2. The van der Waals surface area contributed by atoms with Gasteiger partial charge in [-0.15, -0.1) is 0 Å². The Balaban J connectivity index is 0.000000474. The van der Waals surface area contributed by atoms with Gasteiger partial charge in [-0.2, -0.15) is 0 Å². The number of carbonyl (C=O) groups is 3.